The van der Waals surface area contributed by atoms with Crippen molar-refractivity contribution in [3.05, 3.63) is 46.8 Å². The first-order chi connectivity index (χ1) is 16.4. The molecule has 0 radical (unpaired) electrons. The number of amides is 2. The highest BCUT2D eigenvalue weighted by Crippen LogP contribution is 2.31. The van der Waals surface area contributed by atoms with Crippen LogP contribution in [0.1, 0.15) is 68.5 Å². The quantitative estimate of drug-likeness (QED) is 0.674. The summed E-state index contributed by atoms with van der Waals surface area (Å²) in [6.07, 6.45) is 5.10. The SMILES string of the molecule is CCC(=O)N1CCC2CCCC(CN(C(=O)Cc3c(C)noc3C)Cc3ccccc31)N2CC. The van der Waals surface area contributed by atoms with Crippen molar-refractivity contribution in [2.75, 3.05) is 24.5 Å². The summed E-state index contributed by atoms with van der Waals surface area (Å²) in [5.41, 5.74) is 3.61. The van der Waals surface area contributed by atoms with E-state index < -0.39 is 0 Å². The minimum absolute atomic E-state index is 0.0787. The molecule has 2 aliphatic heterocycles. The highest BCUT2D eigenvalue weighted by Gasteiger charge is 2.34. The number of hydrogen-bond acceptors (Lipinski definition) is 5. The van der Waals surface area contributed by atoms with Gasteiger partial charge < -0.3 is 14.3 Å². The van der Waals surface area contributed by atoms with E-state index in [-0.39, 0.29) is 18.2 Å². The molecule has 4 rings (SSSR count). The Bertz CT molecular complexity index is 998. The second kappa shape index (κ2) is 10.7. The van der Waals surface area contributed by atoms with Crippen molar-refractivity contribution in [2.24, 2.45) is 0 Å². The Kier molecular flexibility index (Phi) is 7.71. The number of benzene rings is 1. The molecule has 1 aromatic carbocycles. The van der Waals surface area contributed by atoms with E-state index in [1.807, 2.05) is 48.8 Å². The molecule has 34 heavy (non-hydrogen) atoms. The number of piperidine rings is 1. The van der Waals surface area contributed by atoms with Crippen LogP contribution in [0.3, 0.4) is 0 Å². The first kappa shape index (κ1) is 24.5. The third-order valence-electron chi connectivity index (χ3n) is 7.60. The van der Waals surface area contributed by atoms with Gasteiger partial charge in [-0.15, -0.1) is 0 Å². The predicted molar refractivity (Wildman–Crippen MR) is 133 cm³/mol. The molecule has 0 spiro atoms. The fourth-order valence-electron chi connectivity index (χ4n) is 5.73. The summed E-state index contributed by atoms with van der Waals surface area (Å²) in [6.45, 7) is 10.7. The summed E-state index contributed by atoms with van der Waals surface area (Å²) in [4.78, 5) is 33.3. The van der Waals surface area contributed by atoms with Gasteiger partial charge in [0, 0.05) is 49.4 Å². The molecule has 2 unspecified atom stereocenters. The van der Waals surface area contributed by atoms with Crippen LogP contribution in [0.4, 0.5) is 5.69 Å². The van der Waals surface area contributed by atoms with Crippen LogP contribution in [-0.4, -0.2) is 58.5 Å². The summed E-state index contributed by atoms with van der Waals surface area (Å²) in [5.74, 6) is 0.919. The average Bonchev–Trinajstić information content (AvgIpc) is 3.15. The van der Waals surface area contributed by atoms with Gasteiger partial charge in [-0.05, 0) is 51.3 Å². The zero-order valence-electron chi connectivity index (χ0n) is 21.0. The van der Waals surface area contributed by atoms with Crippen LogP contribution >= 0.6 is 0 Å². The highest BCUT2D eigenvalue weighted by molar-refractivity contribution is 5.94. The topological polar surface area (TPSA) is 69.9 Å². The molecule has 2 atom stereocenters. The number of hydrogen-bond donors (Lipinski definition) is 0. The number of likely N-dealkylation sites (N-methyl/N-ethyl adjacent to an activating group) is 1. The third kappa shape index (κ3) is 5.04. The molecule has 2 aromatic rings. The molecule has 2 aliphatic rings. The van der Waals surface area contributed by atoms with E-state index in [1.54, 1.807) is 0 Å². The number of nitrogens with zero attached hydrogens (tertiary/aromatic N) is 4. The Hall–Kier alpha value is -2.67. The molecule has 2 amide bonds. The average molecular weight is 467 g/mol. The van der Waals surface area contributed by atoms with Crippen LogP contribution in [0.2, 0.25) is 0 Å². The molecule has 7 nitrogen and oxygen atoms in total. The first-order valence-electron chi connectivity index (χ1n) is 12.8. The van der Waals surface area contributed by atoms with E-state index in [9.17, 15) is 9.59 Å². The van der Waals surface area contributed by atoms with Crippen molar-refractivity contribution in [1.29, 1.82) is 0 Å². The number of carbonyl (C=O) groups excluding carboxylic acids is 2. The standard InChI is InChI=1S/C27H38N4O3/c1-5-26(32)31-15-14-22-11-9-12-23(30(22)6-2)18-29(17-21-10-7-8-13-25(21)31)27(33)16-24-19(3)28-34-20(24)4/h7-8,10,13,22-23H,5-6,9,11-12,14-18H2,1-4H3. The van der Waals surface area contributed by atoms with Crippen molar-refractivity contribution in [3.8, 4) is 0 Å². The molecular formula is C27H38N4O3. The van der Waals surface area contributed by atoms with E-state index in [0.717, 1.165) is 54.7 Å². The lowest BCUT2D eigenvalue weighted by Crippen LogP contribution is -2.52. The maximum atomic E-state index is 13.7. The van der Waals surface area contributed by atoms with Crippen molar-refractivity contribution in [1.82, 2.24) is 15.0 Å². The zero-order valence-corrected chi connectivity index (χ0v) is 21.0. The number of carbonyl (C=O) groups is 2. The summed E-state index contributed by atoms with van der Waals surface area (Å²) in [7, 11) is 0. The van der Waals surface area contributed by atoms with E-state index in [4.69, 9.17) is 4.52 Å². The summed E-state index contributed by atoms with van der Waals surface area (Å²) in [6, 6.07) is 8.84. The van der Waals surface area contributed by atoms with Crippen LogP contribution in [0, 0.1) is 13.8 Å². The van der Waals surface area contributed by atoms with Gasteiger partial charge in [0.25, 0.3) is 0 Å². The highest BCUT2D eigenvalue weighted by atomic mass is 16.5. The molecule has 7 heteroatoms. The Morgan fingerprint density at radius 2 is 1.82 bits per heavy atom. The van der Waals surface area contributed by atoms with Crippen LogP contribution in [0.25, 0.3) is 0 Å². The van der Waals surface area contributed by atoms with Gasteiger partial charge in [0.1, 0.15) is 5.76 Å². The lowest BCUT2D eigenvalue weighted by atomic mass is 9.93. The monoisotopic (exact) mass is 466 g/mol. The van der Waals surface area contributed by atoms with E-state index in [0.29, 0.717) is 43.9 Å². The van der Waals surface area contributed by atoms with Gasteiger partial charge in [-0.3, -0.25) is 14.5 Å². The van der Waals surface area contributed by atoms with Crippen molar-refractivity contribution >= 4 is 17.5 Å². The predicted octanol–water partition coefficient (Wildman–Crippen LogP) is 4.25. The fourth-order valence-corrected chi connectivity index (χ4v) is 5.73. The van der Waals surface area contributed by atoms with Crippen molar-refractivity contribution in [2.45, 2.75) is 84.8 Å². The molecule has 0 N–H and O–H groups in total. The second-order valence-corrected chi connectivity index (χ2v) is 9.64. The molecule has 2 bridgehead atoms. The molecule has 1 saturated heterocycles. The maximum absolute atomic E-state index is 13.7. The van der Waals surface area contributed by atoms with Gasteiger partial charge in [0.15, 0.2) is 0 Å². The van der Waals surface area contributed by atoms with Gasteiger partial charge >= 0.3 is 0 Å². The van der Waals surface area contributed by atoms with Crippen LogP contribution in [-0.2, 0) is 22.6 Å². The zero-order chi connectivity index (χ0) is 24.2. The number of fused-ring (bicyclic) bond motifs is 3. The molecular weight excluding hydrogens is 428 g/mol. The first-order valence-corrected chi connectivity index (χ1v) is 12.8. The van der Waals surface area contributed by atoms with Crippen LogP contribution in [0.15, 0.2) is 28.8 Å². The Morgan fingerprint density at radius 3 is 2.53 bits per heavy atom. The van der Waals surface area contributed by atoms with E-state index in [2.05, 4.69) is 23.0 Å². The molecule has 0 saturated carbocycles. The minimum atomic E-state index is 0.0787. The van der Waals surface area contributed by atoms with Gasteiger partial charge in [0.05, 0.1) is 12.1 Å². The number of aryl methyl sites for hydroxylation is 2. The normalized spacial score (nSPS) is 21.6. The number of para-hydroxylation sites is 1. The molecule has 1 aromatic heterocycles. The molecule has 0 aliphatic carbocycles. The summed E-state index contributed by atoms with van der Waals surface area (Å²) >= 11 is 0. The lowest BCUT2D eigenvalue weighted by Gasteiger charge is -2.43. The van der Waals surface area contributed by atoms with E-state index >= 15 is 0 Å². The molecule has 3 heterocycles. The van der Waals surface area contributed by atoms with Gasteiger partial charge in [0.2, 0.25) is 11.8 Å². The van der Waals surface area contributed by atoms with Crippen LogP contribution < -0.4 is 4.90 Å². The third-order valence-corrected chi connectivity index (χ3v) is 7.60. The van der Waals surface area contributed by atoms with Crippen molar-refractivity contribution < 1.29 is 14.1 Å². The molecule has 1 fully saturated rings. The van der Waals surface area contributed by atoms with Gasteiger partial charge in [-0.1, -0.05) is 43.6 Å². The maximum Gasteiger partial charge on any atom is 0.227 e. The van der Waals surface area contributed by atoms with Crippen molar-refractivity contribution in [3.63, 3.8) is 0 Å². The summed E-state index contributed by atoms with van der Waals surface area (Å²) in [5, 5.41) is 4.04. The lowest BCUT2D eigenvalue weighted by molar-refractivity contribution is -0.132. The second-order valence-electron chi connectivity index (χ2n) is 9.64. The summed E-state index contributed by atoms with van der Waals surface area (Å²) < 4.78 is 5.32. The largest absolute Gasteiger partial charge is 0.361 e. The van der Waals surface area contributed by atoms with Gasteiger partial charge in [-0.25, -0.2) is 0 Å². The minimum Gasteiger partial charge on any atom is -0.361 e. The molecule has 184 valence electrons. The van der Waals surface area contributed by atoms with E-state index in [1.165, 1.54) is 0 Å². The number of rotatable bonds is 4. The smallest absolute Gasteiger partial charge is 0.227 e. The Labute approximate surface area is 203 Å². The number of aromatic nitrogens is 1. The number of anilines is 1. The fraction of sp³-hybridized carbons (Fsp3) is 0.593. The Balaban J connectivity index is 1.73. The van der Waals surface area contributed by atoms with Crippen LogP contribution in [0.5, 0.6) is 0 Å². The van der Waals surface area contributed by atoms with Gasteiger partial charge in [-0.2, -0.15) is 0 Å². The Morgan fingerprint density at radius 1 is 1.06 bits per heavy atom.